The summed E-state index contributed by atoms with van der Waals surface area (Å²) in [6, 6.07) is 24.4. The first kappa shape index (κ1) is 20.3. The minimum Gasteiger partial charge on any atom is -0.219 e. The van der Waals surface area contributed by atoms with E-state index < -0.39 is 9.84 Å². The third-order valence-electron chi connectivity index (χ3n) is 5.78. The molecule has 0 saturated carbocycles. The minimum absolute atomic E-state index is 0.307. The zero-order valence-electron chi connectivity index (χ0n) is 17.5. The fourth-order valence-corrected chi connectivity index (χ4v) is 5.45. The Hall–Kier alpha value is -2.98. The van der Waals surface area contributed by atoms with Crippen molar-refractivity contribution in [2.45, 2.75) is 36.0 Å². The van der Waals surface area contributed by atoms with Crippen LogP contribution in [0.5, 0.6) is 0 Å². The zero-order valence-corrected chi connectivity index (χ0v) is 18.4. The molecule has 30 heavy (non-hydrogen) atoms. The molecule has 1 aliphatic rings. The van der Waals surface area contributed by atoms with Crippen LogP contribution in [-0.4, -0.2) is 25.2 Å². The van der Waals surface area contributed by atoms with E-state index in [0.29, 0.717) is 9.79 Å². The Morgan fingerprint density at radius 1 is 0.833 bits per heavy atom. The van der Waals surface area contributed by atoms with E-state index in [1.165, 1.54) is 0 Å². The van der Waals surface area contributed by atoms with Gasteiger partial charge in [-0.05, 0) is 56.7 Å². The first-order valence-corrected chi connectivity index (χ1v) is 11.7. The Morgan fingerprint density at radius 3 is 2.10 bits per heavy atom. The fraction of sp³-hybridized carbons (Fsp3) is 0.192. The Kier molecular flexibility index (Phi) is 5.20. The third kappa shape index (κ3) is 3.41. The summed E-state index contributed by atoms with van der Waals surface area (Å²) < 4.78 is 28.6. The fourth-order valence-electron chi connectivity index (χ4n) is 4.14. The van der Waals surface area contributed by atoms with E-state index in [-0.39, 0.29) is 5.41 Å². The zero-order chi connectivity index (χ0) is 21.4. The average molecular weight is 417 g/mol. The van der Waals surface area contributed by atoms with Crippen molar-refractivity contribution in [2.75, 3.05) is 6.54 Å². The molecule has 3 aromatic rings. The maximum atomic E-state index is 13.2. The van der Waals surface area contributed by atoms with Crippen molar-refractivity contribution < 1.29 is 13.0 Å². The van der Waals surface area contributed by atoms with Gasteiger partial charge in [0.1, 0.15) is 6.54 Å². The Labute approximate surface area is 179 Å². The molecular weight excluding hydrogens is 390 g/mol. The topological polar surface area (TPSA) is 37.1 Å². The summed E-state index contributed by atoms with van der Waals surface area (Å²) in [5.74, 6) is 0. The van der Waals surface area contributed by atoms with Crippen LogP contribution in [0.15, 0.2) is 94.7 Å². The van der Waals surface area contributed by atoms with Crippen molar-refractivity contribution in [1.29, 1.82) is 0 Å². The highest BCUT2D eigenvalue weighted by molar-refractivity contribution is 7.91. The van der Waals surface area contributed by atoms with Crippen LogP contribution < -0.4 is 0 Å². The third-order valence-corrected chi connectivity index (χ3v) is 7.54. The lowest BCUT2D eigenvalue weighted by atomic mass is 9.81. The Morgan fingerprint density at radius 2 is 1.47 bits per heavy atom. The molecule has 1 aliphatic heterocycles. The van der Waals surface area contributed by atoms with Gasteiger partial charge in [-0.3, -0.25) is 0 Å². The van der Waals surface area contributed by atoms with Crippen LogP contribution >= 0.6 is 0 Å². The van der Waals surface area contributed by atoms with Gasteiger partial charge in [0.15, 0.2) is 5.71 Å². The molecule has 1 heterocycles. The number of hydrogen-bond donors (Lipinski definition) is 0. The lowest BCUT2D eigenvalue weighted by molar-refractivity contribution is -0.433. The normalized spacial score (nSPS) is 15.6. The number of rotatable bonds is 5. The summed E-state index contributed by atoms with van der Waals surface area (Å²) in [6.07, 6.45) is 4.28. The Balaban J connectivity index is 1.79. The number of benzene rings is 3. The second kappa shape index (κ2) is 7.69. The second-order valence-corrected chi connectivity index (χ2v) is 9.94. The molecule has 152 valence electrons. The highest BCUT2D eigenvalue weighted by atomic mass is 32.2. The molecule has 0 bridgehead atoms. The van der Waals surface area contributed by atoms with Crippen LogP contribution in [0.2, 0.25) is 0 Å². The van der Waals surface area contributed by atoms with Crippen molar-refractivity contribution >= 4 is 27.3 Å². The monoisotopic (exact) mass is 416 g/mol. The highest BCUT2D eigenvalue weighted by Crippen LogP contribution is 2.41. The quantitative estimate of drug-likeness (QED) is 0.506. The van der Waals surface area contributed by atoms with E-state index in [4.69, 9.17) is 0 Å². The van der Waals surface area contributed by atoms with E-state index in [9.17, 15) is 8.42 Å². The van der Waals surface area contributed by atoms with Gasteiger partial charge in [0.05, 0.1) is 15.2 Å². The number of hydrogen-bond acceptors (Lipinski definition) is 2. The van der Waals surface area contributed by atoms with Gasteiger partial charge >= 0.3 is 0 Å². The molecule has 0 amide bonds. The minimum atomic E-state index is -3.55. The molecule has 0 fully saturated rings. The maximum Gasteiger partial charge on any atom is 0.209 e. The molecule has 3 nitrogen and oxygen atoms in total. The first-order valence-electron chi connectivity index (χ1n) is 10.2. The van der Waals surface area contributed by atoms with Crippen LogP contribution in [0.3, 0.4) is 0 Å². The lowest BCUT2D eigenvalue weighted by Crippen LogP contribution is -2.27. The van der Waals surface area contributed by atoms with E-state index in [1.54, 1.807) is 30.3 Å². The van der Waals surface area contributed by atoms with Crippen molar-refractivity contribution in [3.8, 4) is 0 Å². The van der Waals surface area contributed by atoms with Gasteiger partial charge < -0.3 is 0 Å². The molecule has 3 aromatic carbocycles. The van der Waals surface area contributed by atoms with E-state index in [0.717, 1.165) is 29.1 Å². The predicted molar refractivity (Wildman–Crippen MR) is 122 cm³/mol. The molecule has 0 spiro atoms. The smallest absolute Gasteiger partial charge is 0.209 e. The SMILES string of the molecule is CC[N+]1=C(C=Cc2ccccc2)C(C)(C)c2cc(S(=O)(=O)c3ccccc3)ccc21. The summed E-state index contributed by atoms with van der Waals surface area (Å²) in [7, 11) is -3.55. The largest absolute Gasteiger partial charge is 0.219 e. The van der Waals surface area contributed by atoms with Crippen LogP contribution in [-0.2, 0) is 15.3 Å². The van der Waals surface area contributed by atoms with Crippen molar-refractivity contribution in [3.05, 3.63) is 96.1 Å². The van der Waals surface area contributed by atoms with E-state index in [1.807, 2.05) is 36.4 Å². The number of allylic oxidation sites excluding steroid dienone is 1. The van der Waals surface area contributed by atoms with Gasteiger partial charge in [-0.1, -0.05) is 48.5 Å². The standard InChI is InChI=1S/C26H26NO2S/c1-4-27-24-17-16-22(30(28,29)21-13-9-6-10-14-21)19-23(24)26(2,3)25(27)18-15-20-11-7-5-8-12-20/h5-19H,4H2,1-3H3/q+1. The second-order valence-electron chi connectivity index (χ2n) is 7.99. The predicted octanol–water partition coefficient (Wildman–Crippen LogP) is 5.63. The van der Waals surface area contributed by atoms with E-state index >= 15 is 0 Å². The molecular formula is C26H26NO2S+. The van der Waals surface area contributed by atoms with Gasteiger partial charge in [-0.2, -0.15) is 4.58 Å². The molecule has 0 aromatic heterocycles. The van der Waals surface area contributed by atoms with Gasteiger partial charge in [0.2, 0.25) is 15.5 Å². The van der Waals surface area contributed by atoms with Crippen molar-refractivity contribution in [1.82, 2.24) is 0 Å². The number of nitrogens with zero attached hydrogens (tertiary/aromatic N) is 1. The lowest BCUT2D eigenvalue weighted by Gasteiger charge is -2.16. The van der Waals surface area contributed by atoms with E-state index in [2.05, 4.69) is 49.6 Å². The maximum absolute atomic E-state index is 13.2. The van der Waals surface area contributed by atoms with Crippen molar-refractivity contribution in [2.24, 2.45) is 0 Å². The number of fused-ring (bicyclic) bond motifs is 1. The van der Waals surface area contributed by atoms with Gasteiger partial charge in [0, 0.05) is 17.7 Å². The summed E-state index contributed by atoms with van der Waals surface area (Å²) in [6.45, 7) is 7.25. The Bertz CT molecular complexity index is 1240. The van der Waals surface area contributed by atoms with Gasteiger partial charge in [-0.25, -0.2) is 8.42 Å². The van der Waals surface area contributed by atoms with Crippen LogP contribution in [0.25, 0.3) is 6.08 Å². The molecule has 0 aliphatic carbocycles. The van der Waals surface area contributed by atoms with Crippen LogP contribution in [0.4, 0.5) is 5.69 Å². The van der Waals surface area contributed by atoms with Gasteiger partial charge in [-0.15, -0.1) is 0 Å². The van der Waals surface area contributed by atoms with Crippen molar-refractivity contribution in [3.63, 3.8) is 0 Å². The first-order chi connectivity index (χ1) is 14.4. The van der Waals surface area contributed by atoms with Crippen LogP contribution in [0, 0.1) is 0 Å². The molecule has 0 unspecified atom stereocenters. The summed E-state index contributed by atoms with van der Waals surface area (Å²) in [5, 5.41) is 0. The average Bonchev–Trinajstić information content (AvgIpc) is 2.99. The molecule has 0 radical (unpaired) electrons. The molecule has 0 saturated heterocycles. The molecule has 4 rings (SSSR count). The summed E-state index contributed by atoms with van der Waals surface area (Å²) in [4.78, 5) is 0.658. The highest BCUT2D eigenvalue weighted by Gasteiger charge is 2.44. The summed E-state index contributed by atoms with van der Waals surface area (Å²) in [5.41, 5.74) is 4.10. The molecule has 4 heteroatoms. The number of sulfone groups is 1. The van der Waals surface area contributed by atoms with Crippen LogP contribution in [0.1, 0.15) is 31.9 Å². The molecule has 0 N–H and O–H groups in total. The molecule has 0 atom stereocenters. The van der Waals surface area contributed by atoms with Gasteiger partial charge in [0.25, 0.3) is 0 Å². The summed E-state index contributed by atoms with van der Waals surface area (Å²) >= 11 is 0.